The van der Waals surface area contributed by atoms with E-state index in [1.165, 1.54) is 0 Å². The van der Waals surface area contributed by atoms with Gasteiger partial charge in [0.2, 0.25) is 0 Å². The van der Waals surface area contributed by atoms with Gasteiger partial charge in [-0.1, -0.05) is 36.4 Å². The summed E-state index contributed by atoms with van der Waals surface area (Å²) < 4.78 is 34.5. The molecule has 2 aliphatic rings. The van der Waals surface area contributed by atoms with Crippen LogP contribution < -0.4 is 0 Å². The van der Waals surface area contributed by atoms with Crippen LogP contribution in [0, 0.1) is 0 Å². The van der Waals surface area contributed by atoms with Crippen molar-refractivity contribution >= 4 is 11.9 Å². The number of ether oxygens (including phenoxy) is 6. The van der Waals surface area contributed by atoms with E-state index in [1.807, 2.05) is 12.1 Å². The monoisotopic (exact) mass is 442 g/mol. The number of hydrogen-bond donors (Lipinski definition) is 0. The van der Waals surface area contributed by atoms with Crippen molar-refractivity contribution in [2.45, 2.75) is 44.1 Å². The average molecular weight is 442 g/mol. The second-order valence-electron chi connectivity index (χ2n) is 8.02. The van der Waals surface area contributed by atoms with Gasteiger partial charge in [0.1, 0.15) is 44.4 Å². The molecular formula is C24H26O8. The van der Waals surface area contributed by atoms with Crippen molar-refractivity contribution < 1.29 is 38.0 Å². The highest BCUT2D eigenvalue weighted by molar-refractivity contribution is 5.89. The normalized spacial score (nSPS) is 26.6. The maximum Gasteiger partial charge on any atom is 0.338 e. The predicted octanol–water partition coefficient (Wildman–Crippen LogP) is 2.96. The molecule has 0 N–H and O–H groups in total. The first-order valence-corrected chi connectivity index (χ1v) is 10.5. The molecule has 2 aromatic rings. The van der Waals surface area contributed by atoms with E-state index in [0.29, 0.717) is 11.1 Å². The highest BCUT2D eigenvalue weighted by atomic mass is 16.8. The molecule has 2 heterocycles. The van der Waals surface area contributed by atoms with Gasteiger partial charge in [-0.2, -0.15) is 0 Å². The quantitative estimate of drug-likeness (QED) is 0.631. The highest BCUT2D eigenvalue weighted by Gasteiger charge is 2.51. The Labute approximate surface area is 186 Å². The van der Waals surface area contributed by atoms with Crippen LogP contribution in [-0.2, 0) is 28.4 Å². The molecule has 4 rings (SSSR count). The minimum Gasteiger partial charge on any atom is -0.459 e. The van der Waals surface area contributed by atoms with Crippen molar-refractivity contribution in [3.05, 3.63) is 71.8 Å². The largest absolute Gasteiger partial charge is 0.459 e. The number of carbonyl (C=O) groups excluding carboxylic acids is 2. The maximum atomic E-state index is 12.3. The fourth-order valence-electron chi connectivity index (χ4n) is 3.71. The van der Waals surface area contributed by atoms with Crippen LogP contribution in [0.5, 0.6) is 0 Å². The van der Waals surface area contributed by atoms with E-state index in [4.69, 9.17) is 28.4 Å². The molecule has 0 radical (unpaired) electrons. The fourth-order valence-corrected chi connectivity index (χ4v) is 3.71. The van der Waals surface area contributed by atoms with E-state index in [1.54, 1.807) is 62.4 Å². The molecule has 0 aliphatic carbocycles. The van der Waals surface area contributed by atoms with Gasteiger partial charge in [-0.15, -0.1) is 0 Å². The Hall–Kier alpha value is -2.78. The van der Waals surface area contributed by atoms with Crippen molar-refractivity contribution in [3.63, 3.8) is 0 Å². The van der Waals surface area contributed by atoms with Gasteiger partial charge in [0, 0.05) is 0 Å². The predicted molar refractivity (Wildman–Crippen MR) is 112 cm³/mol. The summed E-state index contributed by atoms with van der Waals surface area (Å²) in [4.78, 5) is 24.7. The second-order valence-corrected chi connectivity index (χ2v) is 8.02. The van der Waals surface area contributed by atoms with Crippen molar-refractivity contribution in [1.82, 2.24) is 0 Å². The number of hydrogen-bond acceptors (Lipinski definition) is 8. The number of benzene rings is 2. The van der Waals surface area contributed by atoms with Crippen molar-refractivity contribution in [1.29, 1.82) is 0 Å². The first kappa shape index (κ1) is 22.4. The topological polar surface area (TPSA) is 89.5 Å². The van der Waals surface area contributed by atoms with Gasteiger partial charge in [-0.05, 0) is 38.1 Å². The van der Waals surface area contributed by atoms with Gasteiger partial charge < -0.3 is 28.4 Å². The molecule has 0 bridgehead atoms. The standard InChI is InChI=1S/C24H26O8/c1-24(2)31-20-18(13-27-22(25)16-9-5-3-6-10-16)29-15-30-19(21(20)32-24)14-28-23(26)17-11-7-4-8-12-17/h3-12,18-21H,13-15H2,1-2H3/t18-,19-,20-,21+/m1/s1. The van der Waals surface area contributed by atoms with Crippen molar-refractivity contribution in [3.8, 4) is 0 Å². The first-order valence-electron chi connectivity index (χ1n) is 10.5. The van der Waals surface area contributed by atoms with Gasteiger partial charge in [0.05, 0.1) is 11.1 Å². The summed E-state index contributed by atoms with van der Waals surface area (Å²) in [7, 11) is 0. The molecule has 0 unspecified atom stereocenters. The van der Waals surface area contributed by atoms with Gasteiger partial charge in [0.25, 0.3) is 0 Å². The Morgan fingerprint density at radius 1 is 0.781 bits per heavy atom. The lowest BCUT2D eigenvalue weighted by Gasteiger charge is -2.24. The highest BCUT2D eigenvalue weighted by Crippen LogP contribution is 2.35. The van der Waals surface area contributed by atoms with Crippen molar-refractivity contribution in [2.24, 2.45) is 0 Å². The lowest BCUT2D eigenvalue weighted by atomic mass is 10.0. The number of carbonyl (C=O) groups is 2. The van der Waals surface area contributed by atoms with Crippen LogP contribution >= 0.6 is 0 Å². The molecule has 2 aromatic carbocycles. The zero-order chi connectivity index (χ0) is 22.6. The van der Waals surface area contributed by atoms with Crippen LogP contribution in [0.2, 0.25) is 0 Å². The molecule has 2 fully saturated rings. The van der Waals surface area contributed by atoms with E-state index >= 15 is 0 Å². The molecule has 2 saturated heterocycles. The Bertz CT molecular complexity index is 841. The Balaban J connectivity index is 1.40. The molecule has 2 aliphatic heterocycles. The molecule has 0 spiro atoms. The van der Waals surface area contributed by atoms with Gasteiger partial charge in [-0.25, -0.2) is 9.59 Å². The summed E-state index contributed by atoms with van der Waals surface area (Å²) in [5.41, 5.74) is 0.895. The van der Waals surface area contributed by atoms with Gasteiger partial charge in [-0.3, -0.25) is 0 Å². The Kier molecular flexibility index (Phi) is 6.86. The van der Waals surface area contributed by atoms with E-state index < -0.39 is 42.1 Å². The summed E-state index contributed by atoms with van der Waals surface area (Å²) in [6.45, 7) is 3.41. The summed E-state index contributed by atoms with van der Waals surface area (Å²) >= 11 is 0. The fraction of sp³-hybridized carbons (Fsp3) is 0.417. The van der Waals surface area contributed by atoms with Crippen molar-refractivity contribution in [2.75, 3.05) is 20.0 Å². The Morgan fingerprint density at radius 2 is 1.19 bits per heavy atom. The smallest absolute Gasteiger partial charge is 0.338 e. The van der Waals surface area contributed by atoms with E-state index in [0.717, 1.165) is 0 Å². The maximum absolute atomic E-state index is 12.3. The Morgan fingerprint density at radius 3 is 1.59 bits per heavy atom. The molecular weight excluding hydrogens is 416 g/mol. The summed E-state index contributed by atoms with van der Waals surface area (Å²) in [5.74, 6) is -1.81. The van der Waals surface area contributed by atoms with E-state index in [9.17, 15) is 9.59 Å². The zero-order valence-electron chi connectivity index (χ0n) is 18.0. The third kappa shape index (κ3) is 5.34. The lowest BCUT2D eigenvalue weighted by Crippen LogP contribution is -2.45. The third-order valence-electron chi connectivity index (χ3n) is 5.24. The average Bonchev–Trinajstić information content (AvgIpc) is 3.05. The van der Waals surface area contributed by atoms with Crippen LogP contribution in [0.3, 0.4) is 0 Å². The van der Waals surface area contributed by atoms with Gasteiger partial charge in [0.15, 0.2) is 5.79 Å². The molecule has 8 nitrogen and oxygen atoms in total. The molecule has 8 heteroatoms. The number of rotatable bonds is 6. The minimum absolute atomic E-state index is 0.0335. The van der Waals surface area contributed by atoms with Crippen LogP contribution in [0.4, 0.5) is 0 Å². The second kappa shape index (κ2) is 9.79. The van der Waals surface area contributed by atoms with Crippen LogP contribution in [0.15, 0.2) is 60.7 Å². The third-order valence-corrected chi connectivity index (χ3v) is 5.24. The molecule has 0 saturated carbocycles. The number of fused-ring (bicyclic) bond motifs is 1. The SMILES string of the molecule is CC1(C)O[C@@H]2[C@H](O1)[C@@H](COC(=O)c1ccccc1)OCO[C@@H]2COC(=O)c1ccccc1. The van der Waals surface area contributed by atoms with Crippen LogP contribution in [0.25, 0.3) is 0 Å². The summed E-state index contributed by atoms with van der Waals surface area (Å²) in [6, 6.07) is 17.4. The van der Waals surface area contributed by atoms with Gasteiger partial charge >= 0.3 is 11.9 Å². The molecule has 170 valence electrons. The van der Waals surface area contributed by atoms with E-state index in [2.05, 4.69) is 0 Å². The minimum atomic E-state index is -0.900. The molecule has 0 aromatic heterocycles. The zero-order valence-corrected chi connectivity index (χ0v) is 18.0. The first-order chi connectivity index (χ1) is 15.4. The lowest BCUT2D eigenvalue weighted by molar-refractivity contribution is -0.201. The van der Waals surface area contributed by atoms with Crippen LogP contribution in [-0.4, -0.2) is 62.1 Å². The van der Waals surface area contributed by atoms with E-state index in [-0.39, 0.29) is 20.0 Å². The molecule has 4 atom stereocenters. The molecule has 0 amide bonds. The molecule has 32 heavy (non-hydrogen) atoms. The number of esters is 2. The summed E-state index contributed by atoms with van der Waals surface area (Å²) in [6.07, 6.45) is -2.36. The van der Waals surface area contributed by atoms with Crippen LogP contribution in [0.1, 0.15) is 34.6 Å². The summed E-state index contributed by atoms with van der Waals surface area (Å²) in [5, 5.41) is 0.